The first-order valence-electron chi connectivity index (χ1n) is 9.17. The molecule has 1 aromatic carbocycles. The van der Waals surface area contributed by atoms with Crippen LogP contribution in [-0.2, 0) is 11.2 Å². The lowest BCUT2D eigenvalue weighted by Crippen LogP contribution is -2.38. The SMILES string of the molecule is CCNC(=NCC1CC(=O)Nc2ccccc21)NCCc1ccc(Cl)nc1.I. The Morgan fingerprint density at radius 3 is 2.86 bits per heavy atom. The van der Waals surface area contributed by atoms with Gasteiger partial charge in [-0.2, -0.15) is 0 Å². The van der Waals surface area contributed by atoms with Crippen molar-refractivity contribution < 1.29 is 4.79 Å². The van der Waals surface area contributed by atoms with E-state index in [4.69, 9.17) is 16.6 Å². The number of benzene rings is 1. The molecule has 150 valence electrons. The number of carbonyl (C=O) groups is 1. The first kappa shape index (κ1) is 22.4. The molecule has 0 bridgehead atoms. The number of pyridine rings is 1. The van der Waals surface area contributed by atoms with Gasteiger partial charge in [0.1, 0.15) is 5.15 Å². The highest BCUT2D eigenvalue weighted by molar-refractivity contribution is 14.0. The fraction of sp³-hybridized carbons (Fsp3) is 0.350. The molecule has 2 aromatic rings. The van der Waals surface area contributed by atoms with Crippen LogP contribution in [0.3, 0.4) is 0 Å². The molecule has 0 saturated heterocycles. The number of nitrogens with one attached hydrogen (secondary N) is 3. The summed E-state index contributed by atoms with van der Waals surface area (Å²) >= 11 is 5.81. The Bertz CT molecular complexity index is 812. The molecule has 1 aromatic heterocycles. The van der Waals surface area contributed by atoms with E-state index in [0.29, 0.717) is 18.1 Å². The van der Waals surface area contributed by atoms with Crippen molar-refractivity contribution in [3.63, 3.8) is 0 Å². The number of aliphatic imine (C=N–C) groups is 1. The lowest BCUT2D eigenvalue weighted by Gasteiger charge is -2.24. The van der Waals surface area contributed by atoms with Crippen molar-refractivity contribution in [2.24, 2.45) is 4.99 Å². The number of anilines is 1. The molecule has 8 heteroatoms. The Hall–Kier alpha value is -1.87. The Balaban J connectivity index is 0.00000280. The van der Waals surface area contributed by atoms with Crippen LogP contribution in [-0.4, -0.2) is 36.5 Å². The van der Waals surface area contributed by atoms with Crippen LogP contribution in [0.4, 0.5) is 5.69 Å². The Morgan fingerprint density at radius 1 is 1.29 bits per heavy atom. The number of halogens is 2. The van der Waals surface area contributed by atoms with Crippen molar-refractivity contribution in [1.82, 2.24) is 15.6 Å². The molecule has 3 rings (SSSR count). The molecule has 2 heterocycles. The highest BCUT2D eigenvalue weighted by Gasteiger charge is 2.24. The Kier molecular flexibility index (Phi) is 8.98. The van der Waals surface area contributed by atoms with E-state index in [-0.39, 0.29) is 35.8 Å². The summed E-state index contributed by atoms with van der Waals surface area (Å²) in [5.41, 5.74) is 3.15. The van der Waals surface area contributed by atoms with Gasteiger partial charge >= 0.3 is 0 Å². The maximum Gasteiger partial charge on any atom is 0.225 e. The van der Waals surface area contributed by atoms with E-state index in [1.807, 2.05) is 31.2 Å². The molecule has 0 fully saturated rings. The van der Waals surface area contributed by atoms with Crippen molar-refractivity contribution in [2.45, 2.75) is 25.7 Å². The van der Waals surface area contributed by atoms with Crippen molar-refractivity contribution in [3.8, 4) is 0 Å². The van der Waals surface area contributed by atoms with E-state index in [0.717, 1.165) is 42.3 Å². The van der Waals surface area contributed by atoms with Gasteiger partial charge in [-0.25, -0.2) is 4.98 Å². The topological polar surface area (TPSA) is 78.4 Å². The van der Waals surface area contributed by atoms with Crippen molar-refractivity contribution >= 4 is 53.1 Å². The highest BCUT2D eigenvalue weighted by atomic mass is 127. The number of rotatable bonds is 6. The number of para-hydroxylation sites is 1. The molecule has 3 N–H and O–H groups in total. The van der Waals surface area contributed by atoms with E-state index < -0.39 is 0 Å². The number of guanidine groups is 1. The Morgan fingerprint density at radius 2 is 2.11 bits per heavy atom. The van der Waals surface area contributed by atoms with Crippen LogP contribution >= 0.6 is 35.6 Å². The largest absolute Gasteiger partial charge is 0.357 e. The summed E-state index contributed by atoms with van der Waals surface area (Å²) in [5.74, 6) is 0.885. The average molecular weight is 514 g/mol. The van der Waals surface area contributed by atoms with E-state index in [1.165, 1.54) is 0 Å². The van der Waals surface area contributed by atoms with Crippen LogP contribution in [0.1, 0.15) is 30.4 Å². The summed E-state index contributed by atoms with van der Waals surface area (Å²) in [4.78, 5) is 20.7. The highest BCUT2D eigenvalue weighted by Crippen LogP contribution is 2.31. The van der Waals surface area contributed by atoms with Gasteiger partial charge in [-0.05, 0) is 36.6 Å². The van der Waals surface area contributed by atoms with Gasteiger partial charge in [0.05, 0.1) is 6.54 Å². The zero-order chi connectivity index (χ0) is 19.1. The van der Waals surface area contributed by atoms with E-state index in [1.54, 1.807) is 12.3 Å². The molecule has 1 amide bonds. The summed E-state index contributed by atoms with van der Waals surface area (Å²) in [6.45, 7) is 4.10. The van der Waals surface area contributed by atoms with Crippen LogP contribution in [0, 0.1) is 0 Å². The van der Waals surface area contributed by atoms with Crippen LogP contribution in [0.5, 0.6) is 0 Å². The molecule has 1 aliphatic heterocycles. The van der Waals surface area contributed by atoms with Gasteiger partial charge in [0, 0.05) is 37.3 Å². The molecule has 1 atom stereocenters. The average Bonchev–Trinajstić information content (AvgIpc) is 2.67. The second-order valence-corrected chi connectivity index (χ2v) is 6.81. The summed E-state index contributed by atoms with van der Waals surface area (Å²) < 4.78 is 0. The fourth-order valence-corrected chi connectivity index (χ4v) is 3.20. The molecule has 0 spiro atoms. The monoisotopic (exact) mass is 513 g/mol. The van der Waals surface area contributed by atoms with E-state index in [9.17, 15) is 4.79 Å². The predicted molar refractivity (Wildman–Crippen MR) is 125 cm³/mol. The zero-order valence-electron chi connectivity index (χ0n) is 15.7. The van der Waals surface area contributed by atoms with E-state index in [2.05, 4.69) is 27.0 Å². The third-order valence-corrected chi connectivity index (χ3v) is 4.64. The minimum Gasteiger partial charge on any atom is -0.357 e. The van der Waals surface area contributed by atoms with Crippen molar-refractivity contribution in [2.75, 3.05) is 25.0 Å². The molecule has 6 nitrogen and oxygen atoms in total. The van der Waals surface area contributed by atoms with Gasteiger partial charge in [-0.15, -0.1) is 24.0 Å². The van der Waals surface area contributed by atoms with Crippen LogP contribution in [0.25, 0.3) is 0 Å². The lowest BCUT2D eigenvalue weighted by atomic mass is 9.91. The Labute approximate surface area is 187 Å². The summed E-state index contributed by atoms with van der Waals surface area (Å²) in [5, 5.41) is 10.0. The zero-order valence-corrected chi connectivity index (χ0v) is 18.8. The molecular weight excluding hydrogens is 489 g/mol. The minimum atomic E-state index is 0. The maximum absolute atomic E-state index is 12.0. The summed E-state index contributed by atoms with van der Waals surface area (Å²) in [6, 6.07) is 11.7. The molecule has 28 heavy (non-hydrogen) atoms. The van der Waals surface area contributed by atoms with Gasteiger partial charge in [0.2, 0.25) is 5.91 Å². The molecule has 0 saturated carbocycles. The number of nitrogens with zero attached hydrogens (tertiary/aromatic N) is 2. The van der Waals surface area contributed by atoms with Gasteiger partial charge in [-0.3, -0.25) is 9.79 Å². The number of amides is 1. The molecule has 1 aliphatic rings. The standard InChI is InChI=1S/C20H24ClN5O.HI/c1-2-22-20(23-10-9-14-7-8-18(21)24-12-14)25-13-15-11-19(27)26-17-6-4-3-5-16(15)17;/h3-8,12,15H,2,9-11,13H2,1H3,(H,26,27)(H2,22,23,25);1H. The van der Waals surface area contributed by atoms with Gasteiger partial charge in [-0.1, -0.05) is 35.9 Å². The van der Waals surface area contributed by atoms with Crippen LogP contribution in [0.2, 0.25) is 5.15 Å². The van der Waals surface area contributed by atoms with E-state index >= 15 is 0 Å². The number of hydrogen-bond acceptors (Lipinski definition) is 3. The smallest absolute Gasteiger partial charge is 0.225 e. The summed E-state index contributed by atoms with van der Waals surface area (Å²) in [6.07, 6.45) is 3.06. The molecule has 1 unspecified atom stereocenters. The van der Waals surface area contributed by atoms with Crippen molar-refractivity contribution in [1.29, 1.82) is 0 Å². The van der Waals surface area contributed by atoms with Crippen LogP contribution < -0.4 is 16.0 Å². The van der Waals surface area contributed by atoms with Crippen LogP contribution in [0.15, 0.2) is 47.6 Å². The van der Waals surface area contributed by atoms with Gasteiger partial charge in [0.15, 0.2) is 5.96 Å². The quantitative estimate of drug-likeness (QED) is 0.239. The van der Waals surface area contributed by atoms with Crippen molar-refractivity contribution in [3.05, 3.63) is 58.9 Å². The second-order valence-electron chi connectivity index (χ2n) is 6.42. The number of fused-ring (bicyclic) bond motifs is 1. The second kappa shape index (κ2) is 11.2. The maximum atomic E-state index is 12.0. The molecule has 0 aliphatic carbocycles. The molecule has 0 radical (unpaired) electrons. The van der Waals surface area contributed by atoms with Gasteiger partial charge in [0.25, 0.3) is 0 Å². The first-order valence-corrected chi connectivity index (χ1v) is 9.55. The van der Waals surface area contributed by atoms with Gasteiger partial charge < -0.3 is 16.0 Å². The number of aromatic nitrogens is 1. The normalized spacial score (nSPS) is 15.9. The first-order chi connectivity index (χ1) is 13.2. The lowest BCUT2D eigenvalue weighted by molar-refractivity contribution is -0.116. The number of carbonyl (C=O) groups excluding carboxylic acids is 1. The summed E-state index contributed by atoms with van der Waals surface area (Å²) in [7, 11) is 0. The minimum absolute atomic E-state index is 0. The predicted octanol–water partition coefficient (Wildman–Crippen LogP) is 3.58. The third kappa shape index (κ3) is 6.34. The number of hydrogen-bond donors (Lipinski definition) is 3. The third-order valence-electron chi connectivity index (χ3n) is 4.42. The molecular formula is C20H25ClIN5O. The fourth-order valence-electron chi connectivity index (χ4n) is 3.09.